The fourth-order valence-electron chi connectivity index (χ4n) is 1.19. The number of carbonyl (C=O) groups is 1. The van der Waals surface area contributed by atoms with Crippen molar-refractivity contribution in [1.82, 2.24) is 0 Å². The Hall–Kier alpha value is -1.38. The molecule has 70 valence electrons. The molecule has 1 rings (SSSR count). The van der Waals surface area contributed by atoms with E-state index in [1.165, 1.54) is 0 Å². The average molecular weight is 180 g/mol. The van der Waals surface area contributed by atoms with E-state index in [2.05, 4.69) is 6.92 Å². The van der Waals surface area contributed by atoms with Crippen LogP contribution in [0.5, 0.6) is 0 Å². The highest BCUT2D eigenvalue weighted by Gasteiger charge is 2.15. The van der Waals surface area contributed by atoms with Crippen molar-refractivity contribution < 1.29 is 14.5 Å². The lowest BCUT2D eigenvalue weighted by molar-refractivity contribution is -0.699. The summed E-state index contributed by atoms with van der Waals surface area (Å²) in [6.45, 7) is 2.86. The van der Waals surface area contributed by atoms with Crippen LogP contribution in [0, 0.1) is 0 Å². The highest BCUT2D eigenvalue weighted by Crippen LogP contribution is 1.93. The molecular formula is C10H14NO2+. The molecule has 0 amide bonds. The molecule has 0 unspecified atom stereocenters. The first kappa shape index (κ1) is 9.71. The molecule has 0 fully saturated rings. The average Bonchev–Trinajstić information content (AvgIpc) is 2.15. The molecule has 0 atom stereocenters. The normalized spacial score (nSPS) is 9.92. The van der Waals surface area contributed by atoms with Gasteiger partial charge in [0.15, 0.2) is 6.20 Å². The SMILES string of the molecule is CCCC[n+]1ccccc1C(=O)O. The van der Waals surface area contributed by atoms with Gasteiger partial charge in [0.25, 0.3) is 5.69 Å². The van der Waals surface area contributed by atoms with Gasteiger partial charge in [-0.05, 0) is 6.07 Å². The zero-order chi connectivity index (χ0) is 9.68. The Morgan fingerprint density at radius 1 is 1.54 bits per heavy atom. The van der Waals surface area contributed by atoms with Gasteiger partial charge >= 0.3 is 5.97 Å². The van der Waals surface area contributed by atoms with Crippen molar-refractivity contribution in [2.45, 2.75) is 26.3 Å². The Kier molecular flexibility index (Phi) is 3.43. The van der Waals surface area contributed by atoms with Crippen LogP contribution < -0.4 is 4.57 Å². The Labute approximate surface area is 77.6 Å². The number of nitrogens with zero attached hydrogens (tertiary/aromatic N) is 1. The van der Waals surface area contributed by atoms with Gasteiger partial charge in [-0.25, -0.2) is 4.79 Å². The number of unbranched alkanes of at least 4 members (excludes halogenated alkanes) is 1. The summed E-state index contributed by atoms with van der Waals surface area (Å²) in [6.07, 6.45) is 3.88. The van der Waals surface area contributed by atoms with Gasteiger partial charge in [0.05, 0.1) is 0 Å². The first-order chi connectivity index (χ1) is 6.25. The van der Waals surface area contributed by atoms with E-state index in [4.69, 9.17) is 5.11 Å². The molecule has 13 heavy (non-hydrogen) atoms. The summed E-state index contributed by atoms with van der Waals surface area (Å²) >= 11 is 0. The van der Waals surface area contributed by atoms with Gasteiger partial charge in [-0.1, -0.05) is 13.3 Å². The van der Waals surface area contributed by atoms with Crippen molar-refractivity contribution in [3.63, 3.8) is 0 Å². The fraction of sp³-hybridized carbons (Fsp3) is 0.400. The summed E-state index contributed by atoms with van der Waals surface area (Å²) in [5, 5.41) is 8.84. The molecule has 0 aliphatic heterocycles. The summed E-state index contributed by atoms with van der Waals surface area (Å²) in [6, 6.07) is 5.21. The molecule has 1 aromatic heterocycles. The minimum absolute atomic E-state index is 0.357. The molecule has 0 aliphatic rings. The molecule has 1 N–H and O–H groups in total. The number of pyridine rings is 1. The minimum Gasteiger partial charge on any atom is -0.473 e. The van der Waals surface area contributed by atoms with Gasteiger partial charge < -0.3 is 5.11 Å². The molecule has 3 nitrogen and oxygen atoms in total. The number of carboxylic acids is 1. The van der Waals surface area contributed by atoms with Crippen LogP contribution in [0.1, 0.15) is 30.3 Å². The number of carboxylic acid groups (broad SMARTS) is 1. The third-order valence-corrected chi connectivity index (χ3v) is 1.91. The summed E-state index contributed by atoms with van der Waals surface area (Å²) in [7, 11) is 0. The van der Waals surface area contributed by atoms with Gasteiger partial charge in [-0.15, -0.1) is 0 Å². The minimum atomic E-state index is -0.864. The second kappa shape index (κ2) is 4.60. The van der Waals surface area contributed by atoms with Crippen molar-refractivity contribution in [1.29, 1.82) is 0 Å². The van der Waals surface area contributed by atoms with Crippen LogP contribution in [0.15, 0.2) is 24.4 Å². The van der Waals surface area contributed by atoms with Gasteiger partial charge in [0.2, 0.25) is 0 Å². The quantitative estimate of drug-likeness (QED) is 0.713. The number of aromatic nitrogens is 1. The lowest BCUT2D eigenvalue weighted by atomic mass is 10.3. The Morgan fingerprint density at radius 3 is 2.92 bits per heavy atom. The van der Waals surface area contributed by atoms with Crippen LogP contribution in [-0.4, -0.2) is 11.1 Å². The second-order valence-electron chi connectivity index (χ2n) is 2.94. The van der Waals surface area contributed by atoms with Gasteiger partial charge in [0.1, 0.15) is 6.54 Å². The third-order valence-electron chi connectivity index (χ3n) is 1.91. The van der Waals surface area contributed by atoms with Crippen molar-refractivity contribution in [3.05, 3.63) is 30.1 Å². The Bertz CT molecular complexity index is 297. The Morgan fingerprint density at radius 2 is 2.31 bits per heavy atom. The van der Waals surface area contributed by atoms with Gasteiger partial charge in [-0.3, -0.25) is 0 Å². The molecule has 0 aromatic carbocycles. The Balaban J connectivity index is 2.84. The molecule has 0 saturated carbocycles. The molecular weight excluding hydrogens is 166 g/mol. The smallest absolute Gasteiger partial charge is 0.401 e. The predicted molar refractivity (Wildman–Crippen MR) is 48.5 cm³/mol. The summed E-state index contributed by atoms with van der Waals surface area (Å²) in [5.74, 6) is -0.864. The standard InChI is InChI=1S/C10H13NO2/c1-2-3-7-11-8-5-4-6-9(11)10(12)13/h4-6,8H,2-3,7H2,1H3/p+1. The summed E-state index contributed by atoms with van der Waals surface area (Å²) in [4.78, 5) is 10.8. The maximum atomic E-state index is 10.8. The van der Waals surface area contributed by atoms with Crippen LogP contribution in [0.3, 0.4) is 0 Å². The zero-order valence-corrected chi connectivity index (χ0v) is 7.73. The fourth-order valence-corrected chi connectivity index (χ4v) is 1.19. The van der Waals surface area contributed by atoms with Crippen LogP contribution in [0.25, 0.3) is 0 Å². The number of hydrogen-bond acceptors (Lipinski definition) is 1. The molecule has 1 heterocycles. The first-order valence-electron chi connectivity index (χ1n) is 4.47. The van der Waals surface area contributed by atoms with Gasteiger partial charge in [-0.2, -0.15) is 4.57 Å². The first-order valence-corrected chi connectivity index (χ1v) is 4.47. The molecule has 0 radical (unpaired) electrons. The van der Waals surface area contributed by atoms with Crippen molar-refractivity contribution in [2.75, 3.05) is 0 Å². The monoisotopic (exact) mass is 180 g/mol. The van der Waals surface area contributed by atoms with E-state index in [0.29, 0.717) is 5.69 Å². The predicted octanol–water partition coefficient (Wildman–Crippen LogP) is 1.47. The maximum Gasteiger partial charge on any atom is 0.401 e. The number of aromatic carboxylic acids is 1. The maximum absolute atomic E-state index is 10.8. The molecule has 0 aliphatic carbocycles. The zero-order valence-electron chi connectivity index (χ0n) is 7.73. The number of rotatable bonds is 4. The summed E-state index contributed by atoms with van der Waals surface area (Å²) in [5.41, 5.74) is 0.357. The largest absolute Gasteiger partial charge is 0.473 e. The van der Waals surface area contributed by atoms with E-state index in [1.54, 1.807) is 22.9 Å². The van der Waals surface area contributed by atoms with Crippen molar-refractivity contribution >= 4 is 5.97 Å². The number of hydrogen-bond donors (Lipinski definition) is 1. The van der Waals surface area contributed by atoms with E-state index >= 15 is 0 Å². The molecule has 0 bridgehead atoms. The van der Waals surface area contributed by atoms with Crippen molar-refractivity contribution in [3.8, 4) is 0 Å². The topological polar surface area (TPSA) is 41.2 Å². The van der Waals surface area contributed by atoms with E-state index in [1.807, 2.05) is 6.07 Å². The lowest BCUT2D eigenvalue weighted by Crippen LogP contribution is -2.39. The van der Waals surface area contributed by atoms with Crippen molar-refractivity contribution in [2.24, 2.45) is 0 Å². The van der Waals surface area contributed by atoms with Gasteiger partial charge in [0, 0.05) is 18.6 Å². The second-order valence-corrected chi connectivity index (χ2v) is 2.94. The van der Waals surface area contributed by atoms with Crippen LogP contribution in [0.4, 0.5) is 0 Å². The third kappa shape index (κ3) is 2.54. The van der Waals surface area contributed by atoms with Crippen LogP contribution in [-0.2, 0) is 6.54 Å². The van der Waals surface area contributed by atoms with E-state index in [-0.39, 0.29) is 0 Å². The summed E-state index contributed by atoms with van der Waals surface area (Å²) < 4.78 is 1.77. The number of aryl methyl sites for hydroxylation is 1. The van der Waals surface area contributed by atoms with E-state index in [9.17, 15) is 4.79 Å². The molecule has 3 heteroatoms. The highest BCUT2D eigenvalue weighted by atomic mass is 16.4. The van der Waals surface area contributed by atoms with Crippen LogP contribution in [0.2, 0.25) is 0 Å². The van der Waals surface area contributed by atoms with E-state index in [0.717, 1.165) is 19.4 Å². The van der Waals surface area contributed by atoms with Crippen LogP contribution >= 0.6 is 0 Å². The molecule has 0 saturated heterocycles. The lowest BCUT2D eigenvalue weighted by Gasteiger charge is -1.98. The van der Waals surface area contributed by atoms with E-state index < -0.39 is 5.97 Å². The molecule has 1 aromatic rings. The highest BCUT2D eigenvalue weighted by molar-refractivity contribution is 5.83. The molecule has 0 spiro atoms.